The van der Waals surface area contributed by atoms with Crippen LogP contribution in [-0.2, 0) is 16.1 Å². The fourth-order valence-electron chi connectivity index (χ4n) is 3.75. The minimum Gasteiger partial charge on any atom is -0.368 e. The summed E-state index contributed by atoms with van der Waals surface area (Å²) in [6.07, 6.45) is 1.77. The predicted octanol–water partition coefficient (Wildman–Crippen LogP) is 4.05. The van der Waals surface area contributed by atoms with Gasteiger partial charge in [-0.05, 0) is 30.3 Å². The molecule has 2 heterocycles. The number of benzene rings is 2. The van der Waals surface area contributed by atoms with Crippen LogP contribution < -0.4 is 9.70 Å². The SMILES string of the molecule is C=CCn1c(=NC(=O)CSCC(=O)N2CCN(c3ccccc3)CC2)sc2cc(Cl)ccc21. The lowest BCUT2D eigenvalue weighted by molar-refractivity contribution is -0.128. The van der Waals surface area contributed by atoms with Gasteiger partial charge >= 0.3 is 0 Å². The van der Waals surface area contributed by atoms with E-state index in [-0.39, 0.29) is 23.3 Å². The molecule has 0 bridgehead atoms. The highest BCUT2D eigenvalue weighted by atomic mass is 35.5. The fraction of sp³-hybridized carbons (Fsp3) is 0.292. The molecule has 4 rings (SSSR count). The Morgan fingerprint density at radius 2 is 1.85 bits per heavy atom. The summed E-state index contributed by atoms with van der Waals surface area (Å²) in [6, 6.07) is 15.9. The van der Waals surface area contributed by atoms with Crippen LogP contribution in [0, 0.1) is 0 Å². The molecular weight excluding hydrogens is 476 g/mol. The quantitative estimate of drug-likeness (QED) is 0.459. The number of piperazine rings is 1. The van der Waals surface area contributed by atoms with E-state index in [1.807, 2.05) is 45.9 Å². The fourth-order valence-corrected chi connectivity index (χ4v) is 5.78. The Morgan fingerprint density at radius 3 is 2.58 bits per heavy atom. The van der Waals surface area contributed by atoms with Gasteiger partial charge in [0.2, 0.25) is 5.91 Å². The highest BCUT2D eigenvalue weighted by Gasteiger charge is 2.21. The second kappa shape index (κ2) is 11.0. The molecule has 0 saturated carbocycles. The van der Waals surface area contributed by atoms with E-state index in [0.717, 1.165) is 23.3 Å². The largest absolute Gasteiger partial charge is 0.368 e. The van der Waals surface area contributed by atoms with Gasteiger partial charge < -0.3 is 14.4 Å². The Bertz CT molecular complexity index is 1210. The highest BCUT2D eigenvalue weighted by molar-refractivity contribution is 8.00. The standard InChI is InChI=1S/C24H25ClN4O2S2/c1-2-10-29-20-9-8-18(25)15-21(20)33-24(29)26-22(30)16-32-17-23(31)28-13-11-27(12-14-28)19-6-4-3-5-7-19/h2-9,15H,1,10-14,16-17H2. The Balaban J connectivity index is 1.31. The maximum atomic E-state index is 12.6. The van der Waals surface area contributed by atoms with E-state index in [1.54, 1.807) is 6.08 Å². The van der Waals surface area contributed by atoms with Crippen molar-refractivity contribution < 1.29 is 9.59 Å². The van der Waals surface area contributed by atoms with E-state index in [1.165, 1.54) is 28.8 Å². The maximum Gasteiger partial charge on any atom is 0.258 e. The van der Waals surface area contributed by atoms with Gasteiger partial charge in [0.05, 0.1) is 21.7 Å². The minimum absolute atomic E-state index is 0.0683. The molecule has 3 aromatic rings. The average molecular weight is 501 g/mol. The first-order valence-corrected chi connectivity index (χ1v) is 13.0. The van der Waals surface area contributed by atoms with Gasteiger partial charge in [-0.3, -0.25) is 9.59 Å². The summed E-state index contributed by atoms with van der Waals surface area (Å²) >= 11 is 8.84. The number of allylic oxidation sites excluding steroid dienone is 1. The zero-order chi connectivity index (χ0) is 23.2. The number of thioether (sulfide) groups is 1. The first-order chi connectivity index (χ1) is 16.0. The topological polar surface area (TPSA) is 57.9 Å². The molecular formula is C24H25ClN4O2S2. The van der Waals surface area contributed by atoms with Crippen molar-refractivity contribution in [3.8, 4) is 0 Å². The van der Waals surface area contributed by atoms with E-state index < -0.39 is 0 Å². The number of carbonyl (C=O) groups is 2. The van der Waals surface area contributed by atoms with Crippen molar-refractivity contribution in [3.63, 3.8) is 0 Å². The number of nitrogens with zero attached hydrogens (tertiary/aromatic N) is 4. The summed E-state index contributed by atoms with van der Waals surface area (Å²) in [4.78, 5) is 34.2. The second-order valence-corrected chi connectivity index (χ2v) is 10.0. The molecule has 0 atom stereocenters. The van der Waals surface area contributed by atoms with Crippen molar-refractivity contribution in [2.75, 3.05) is 42.6 Å². The van der Waals surface area contributed by atoms with E-state index in [0.29, 0.717) is 29.5 Å². The number of anilines is 1. The summed E-state index contributed by atoms with van der Waals surface area (Å²) in [7, 11) is 0. The molecule has 9 heteroatoms. The van der Waals surface area contributed by atoms with Crippen molar-refractivity contribution >= 4 is 62.4 Å². The van der Waals surface area contributed by atoms with Crippen LogP contribution in [0.3, 0.4) is 0 Å². The third-order valence-corrected chi connectivity index (χ3v) is 7.56. The van der Waals surface area contributed by atoms with Gasteiger partial charge in [0.15, 0.2) is 4.80 Å². The van der Waals surface area contributed by atoms with Gasteiger partial charge in [0.1, 0.15) is 0 Å². The van der Waals surface area contributed by atoms with Crippen LogP contribution in [0.15, 0.2) is 66.2 Å². The number of carbonyl (C=O) groups excluding carboxylic acids is 2. The van der Waals surface area contributed by atoms with Gasteiger partial charge in [-0.25, -0.2) is 0 Å². The normalized spacial score (nSPS) is 14.6. The molecule has 0 unspecified atom stereocenters. The first-order valence-electron chi connectivity index (χ1n) is 10.7. The zero-order valence-corrected chi connectivity index (χ0v) is 20.5. The summed E-state index contributed by atoms with van der Waals surface area (Å²) < 4.78 is 2.91. The van der Waals surface area contributed by atoms with Crippen LogP contribution in [-0.4, -0.2) is 59.0 Å². The maximum absolute atomic E-state index is 12.6. The zero-order valence-electron chi connectivity index (χ0n) is 18.2. The van der Waals surface area contributed by atoms with E-state index in [9.17, 15) is 9.59 Å². The molecule has 33 heavy (non-hydrogen) atoms. The lowest BCUT2D eigenvalue weighted by atomic mass is 10.2. The Hall–Kier alpha value is -2.55. The molecule has 0 spiro atoms. The molecule has 1 saturated heterocycles. The lowest BCUT2D eigenvalue weighted by Crippen LogP contribution is -2.49. The van der Waals surface area contributed by atoms with Crippen LogP contribution in [0.1, 0.15) is 0 Å². The van der Waals surface area contributed by atoms with E-state index in [2.05, 4.69) is 28.6 Å². The second-order valence-electron chi connectivity index (χ2n) is 7.60. The van der Waals surface area contributed by atoms with Crippen LogP contribution in [0.25, 0.3) is 10.2 Å². The number of hydrogen-bond donors (Lipinski definition) is 0. The minimum atomic E-state index is -0.253. The van der Waals surface area contributed by atoms with Gasteiger partial charge in [-0.1, -0.05) is 47.2 Å². The van der Waals surface area contributed by atoms with Gasteiger partial charge in [0, 0.05) is 43.4 Å². The van der Waals surface area contributed by atoms with Crippen molar-refractivity contribution in [2.24, 2.45) is 4.99 Å². The van der Waals surface area contributed by atoms with Crippen molar-refractivity contribution in [3.05, 3.63) is 71.0 Å². The first kappa shape index (κ1) is 23.6. The summed E-state index contributed by atoms with van der Waals surface area (Å²) in [5.74, 6) is 0.260. The Labute approximate surface area is 206 Å². The van der Waals surface area contributed by atoms with Crippen LogP contribution >= 0.6 is 34.7 Å². The number of para-hydroxylation sites is 1. The number of hydrogen-bond acceptors (Lipinski definition) is 5. The summed E-state index contributed by atoms with van der Waals surface area (Å²) in [5.41, 5.74) is 2.15. The third-order valence-electron chi connectivity index (χ3n) is 5.38. The third kappa shape index (κ3) is 5.88. The monoisotopic (exact) mass is 500 g/mol. The number of fused-ring (bicyclic) bond motifs is 1. The van der Waals surface area contributed by atoms with Gasteiger partial charge in [0.25, 0.3) is 5.91 Å². The molecule has 1 aliphatic rings. The summed E-state index contributed by atoms with van der Waals surface area (Å²) in [6.45, 7) is 7.36. The summed E-state index contributed by atoms with van der Waals surface area (Å²) in [5, 5.41) is 0.644. The molecule has 172 valence electrons. The molecule has 2 amide bonds. The van der Waals surface area contributed by atoms with E-state index in [4.69, 9.17) is 11.6 Å². The number of thiazole rings is 1. The van der Waals surface area contributed by atoms with Crippen molar-refractivity contribution in [1.82, 2.24) is 9.47 Å². The van der Waals surface area contributed by atoms with Crippen LogP contribution in [0.2, 0.25) is 5.02 Å². The number of halogens is 1. The number of rotatable bonds is 7. The molecule has 0 radical (unpaired) electrons. The van der Waals surface area contributed by atoms with Gasteiger partial charge in [-0.2, -0.15) is 4.99 Å². The molecule has 1 aliphatic heterocycles. The molecule has 0 N–H and O–H groups in total. The molecule has 2 aromatic carbocycles. The number of aromatic nitrogens is 1. The number of amides is 2. The van der Waals surface area contributed by atoms with Crippen LogP contribution in [0.4, 0.5) is 5.69 Å². The highest BCUT2D eigenvalue weighted by Crippen LogP contribution is 2.22. The predicted molar refractivity (Wildman–Crippen MR) is 138 cm³/mol. The average Bonchev–Trinajstić information content (AvgIpc) is 3.15. The van der Waals surface area contributed by atoms with Gasteiger partial charge in [-0.15, -0.1) is 18.3 Å². The Kier molecular flexibility index (Phi) is 7.90. The van der Waals surface area contributed by atoms with E-state index >= 15 is 0 Å². The van der Waals surface area contributed by atoms with Crippen LogP contribution in [0.5, 0.6) is 0 Å². The molecule has 1 aromatic heterocycles. The lowest BCUT2D eigenvalue weighted by Gasteiger charge is -2.36. The smallest absolute Gasteiger partial charge is 0.258 e. The molecule has 6 nitrogen and oxygen atoms in total. The Morgan fingerprint density at radius 1 is 1.09 bits per heavy atom. The molecule has 1 fully saturated rings. The van der Waals surface area contributed by atoms with Crippen molar-refractivity contribution in [2.45, 2.75) is 6.54 Å². The van der Waals surface area contributed by atoms with Crippen molar-refractivity contribution in [1.29, 1.82) is 0 Å². The molecule has 0 aliphatic carbocycles.